The molecular weight excluding hydrogens is 236 g/mol. The molecule has 3 heteroatoms. The lowest BCUT2D eigenvalue weighted by Gasteiger charge is -2.34. The van der Waals surface area contributed by atoms with E-state index in [1.807, 2.05) is 18.2 Å². The van der Waals surface area contributed by atoms with Gasteiger partial charge in [-0.1, -0.05) is 32.0 Å². The largest absolute Gasteiger partial charge is 0.366 e. The summed E-state index contributed by atoms with van der Waals surface area (Å²) in [5.41, 5.74) is 7.51. The van der Waals surface area contributed by atoms with Crippen molar-refractivity contribution in [2.24, 2.45) is 11.1 Å². The smallest absolute Gasteiger partial charge is 0.249 e. The second kappa shape index (κ2) is 5.74. The standard InChI is InChI=1S/C16H24N2O/c1-16(2)9-7-13(8-10-16)18-11-12-5-3-4-6-14(12)15(17)19/h3-6,13,18H,7-11H2,1-2H3,(H2,17,19). The minimum absolute atomic E-state index is 0.345. The molecule has 2 rings (SSSR count). The van der Waals surface area contributed by atoms with Gasteiger partial charge in [0.1, 0.15) is 0 Å². The second-order valence-corrected chi connectivity index (χ2v) is 6.34. The van der Waals surface area contributed by atoms with E-state index >= 15 is 0 Å². The van der Waals surface area contributed by atoms with Crippen molar-refractivity contribution in [3.8, 4) is 0 Å². The Kier molecular flexibility index (Phi) is 4.25. The maximum Gasteiger partial charge on any atom is 0.249 e. The van der Waals surface area contributed by atoms with E-state index in [0.29, 0.717) is 17.0 Å². The van der Waals surface area contributed by atoms with E-state index in [2.05, 4.69) is 19.2 Å². The highest BCUT2D eigenvalue weighted by Gasteiger charge is 2.26. The number of rotatable bonds is 4. The number of primary amides is 1. The van der Waals surface area contributed by atoms with Crippen molar-refractivity contribution in [3.05, 3.63) is 35.4 Å². The summed E-state index contributed by atoms with van der Waals surface area (Å²) < 4.78 is 0. The molecule has 1 amide bonds. The molecule has 0 radical (unpaired) electrons. The van der Waals surface area contributed by atoms with Gasteiger partial charge in [-0.15, -0.1) is 0 Å². The monoisotopic (exact) mass is 260 g/mol. The normalized spacial score (nSPS) is 19.3. The summed E-state index contributed by atoms with van der Waals surface area (Å²) in [4.78, 5) is 11.4. The van der Waals surface area contributed by atoms with Crippen LogP contribution in [0, 0.1) is 5.41 Å². The van der Waals surface area contributed by atoms with Crippen molar-refractivity contribution in [3.63, 3.8) is 0 Å². The Morgan fingerprint density at radius 3 is 2.58 bits per heavy atom. The van der Waals surface area contributed by atoms with E-state index in [0.717, 1.165) is 12.1 Å². The Balaban J connectivity index is 1.91. The van der Waals surface area contributed by atoms with Gasteiger partial charge in [-0.3, -0.25) is 4.79 Å². The maximum absolute atomic E-state index is 11.4. The van der Waals surface area contributed by atoms with Crippen LogP contribution in [-0.4, -0.2) is 11.9 Å². The lowest BCUT2D eigenvalue weighted by atomic mass is 9.75. The molecule has 0 aliphatic heterocycles. The minimum atomic E-state index is -0.345. The van der Waals surface area contributed by atoms with Crippen LogP contribution in [0.25, 0.3) is 0 Å². The van der Waals surface area contributed by atoms with Crippen molar-refractivity contribution < 1.29 is 4.79 Å². The van der Waals surface area contributed by atoms with E-state index in [4.69, 9.17) is 5.73 Å². The van der Waals surface area contributed by atoms with E-state index < -0.39 is 0 Å². The molecule has 1 fully saturated rings. The molecule has 0 spiro atoms. The van der Waals surface area contributed by atoms with Crippen molar-refractivity contribution in [2.75, 3.05) is 0 Å². The number of nitrogens with two attached hydrogens (primary N) is 1. The molecule has 1 aliphatic rings. The van der Waals surface area contributed by atoms with Gasteiger partial charge < -0.3 is 11.1 Å². The number of hydrogen-bond acceptors (Lipinski definition) is 2. The van der Waals surface area contributed by atoms with Crippen molar-refractivity contribution >= 4 is 5.91 Å². The highest BCUT2D eigenvalue weighted by molar-refractivity contribution is 5.94. The molecule has 104 valence electrons. The SMILES string of the molecule is CC1(C)CCC(NCc2ccccc2C(N)=O)CC1. The Morgan fingerprint density at radius 2 is 1.95 bits per heavy atom. The van der Waals surface area contributed by atoms with Gasteiger partial charge in [-0.25, -0.2) is 0 Å². The van der Waals surface area contributed by atoms with Gasteiger partial charge >= 0.3 is 0 Å². The quantitative estimate of drug-likeness (QED) is 0.874. The molecular formula is C16H24N2O. The average Bonchev–Trinajstić information content (AvgIpc) is 2.38. The van der Waals surface area contributed by atoms with Crippen LogP contribution in [0.2, 0.25) is 0 Å². The van der Waals surface area contributed by atoms with Gasteiger partial charge in [0.15, 0.2) is 0 Å². The van der Waals surface area contributed by atoms with Crippen LogP contribution in [0.15, 0.2) is 24.3 Å². The summed E-state index contributed by atoms with van der Waals surface area (Å²) in [6.45, 7) is 5.40. The third kappa shape index (κ3) is 3.80. The van der Waals surface area contributed by atoms with E-state index in [1.165, 1.54) is 25.7 Å². The molecule has 0 heterocycles. The minimum Gasteiger partial charge on any atom is -0.366 e. The summed E-state index contributed by atoms with van der Waals surface area (Å²) in [5.74, 6) is -0.345. The van der Waals surface area contributed by atoms with Gasteiger partial charge in [0, 0.05) is 18.2 Å². The van der Waals surface area contributed by atoms with Crippen LogP contribution >= 0.6 is 0 Å². The lowest BCUT2D eigenvalue weighted by molar-refractivity contribution is 0.0999. The highest BCUT2D eigenvalue weighted by atomic mass is 16.1. The summed E-state index contributed by atoms with van der Waals surface area (Å²) in [5, 5.41) is 3.56. The van der Waals surface area contributed by atoms with Gasteiger partial charge in [0.25, 0.3) is 0 Å². The van der Waals surface area contributed by atoms with E-state index in [9.17, 15) is 4.79 Å². The zero-order valence-electron chi connectivity index (χ0n) is 11.9. The molecule has 0 bridgehead atoms. The van der Waals surface area contributed by atoms with Gasteiger partial charge in [0.05, 0.1) is 0 Å². The molecule has 1 aliphatic carbocycles. The van der Waals surface area contributed by atoms with Crippen LogP contribution in [0.4, 0.5) is 0 Å². The Bertz CT molecular complexity index is 444. The zero-order chi connectivity index (χ0) is 13.9. The van der Waals surface area contributed by atoms with Crippen LogP contribution in [0.3, 0.4) is 0 Å². The summed E-state index contributed by atoms with van der Waals surface area (Å²) in [6.07, 6.45) is 4.96. The number of carbonyl (C=O) groups excluding carboxylic acids is 1. The predicted octanol–water partition coefficient (Wildman–Crippen LogP) is 2.84. The molecule has 0 atom stereocenters. The first-order valence-corrected chi connectivity index (χ1v) is 7.09. The molecule has 3 N–H and O–H groups in total. The van der Waals surface area contributed by atoms with Crippen LogP contribution in [-0.2, 0) is 6.54 Å². The van der Waals surface area contributed by atoms with Crippen molar-refractivity contribution in [1.29, 1.82) is 0 Å². The lowest BCUT2D eigenvalue weighted by Crippen LogP contribution is -2.35. The van der Waals surface area contributed by atoms with Gasteiger partial charge in [0.2, 0.25) is 5.91 Å². The molecule has 0 saturated heterocycles. The summed E-state index contributed by atoms with van der Waals surface area (Å²) in [6, 6.07) is 8.14. The van der Waals surface area contributed by atoms with E-state index in [1.54, 1.807) is 6.07 Å². The van der Waals surface area contributed by atoms with Crippen molar-refractivity contribution in [2.45, 2.75) is 52.1 Å². The fourth-order valence-corrected chi connectivity index (χ4v) is 2.77. The Morgan fingerprint density at radius 1 is 1.32 bits per heavy atom. The predicted molar refractivity (Wildman–Crippen MR) is 77.8 cm³/mol. The summed E-state index contributed by atoms with van der Waals surface area (Å²) >= 11 is 0. The topological polar surface area (TPSA) is 55.1 Å². The number of amides is 1. The average molecular weight is 260 g/mol. The first-order valence-electron chi connectivity index (χ1n) is 7.09. The number of hydrogen-bond donors (Lipinski definition) is 2. The van der Waals surface area contributed by atoms with Crippen molar-refractivity contribution in [1.82, 2.24) is 5.32 Å². The van der Waals surface area contributed by atoms with Crippen LogP contribution in [0.1, 0.15) is 55.5 Å². The molecule has 1 aromatic carbocycles. The van der Waals surface area contributed by atoms with Gasteiger partial charge in [-0.05, 0) is 42.7 Å². The third-order valence-electron chi connectivity index (χ3n) is 4.20. The molecule has 1 saturated carbocycles. The Labute approximate surface area is 115 Å². The fraction of sp³-hybridized carbons (Fsp3) is 0.562. The molecule has 1 aromatic rings. The molecule has 0 aromatic heterocycles. The summed E-state index contributed by atoms with van der Waals surface area (Å²) in [7, 11) is 0. The fourth-order valence-electron chi connectivity index (χ4n) is 2.77. The van der Waals surface area contributed by atoms with E-state index in [-0.39, 0.29) is 5.91 Å². The third-order valence-corrected chi connectivity index (χ3v) is 4.20. The first-order chi connectivity index (χ1) is 8.98. The first kappa shape index (κ1) is 14.1. The van der Waals surface area contributed by atoms with Crippen LogP contribution in [0.5, 0.6) is 0 Å². The molecule has 0 unspecified atom stereocenters. The second-order valence-electron chi connectivity index (χ2n) is 6.34. The number of carbonyl (C=O) groups is 1. The molecule has 3 nitrogen and oxygen atoms in total. The van der Waals surface area contributed by atoms with Gasteiger partial charge in [-0.2, -0.15) is 0 Å². The highest BCUT2D eigenvalue weighted by Crippen LogP contribution is 2.35. The number of nitrogens with one attached hydrogen (secondary N) is 1. The Hall–Kier alpha value is -1.35. The molecule has 19 heavy (non-hydrogen) atoms. The zero-order valence-corrected chi connectivity index (χ0v) is 11.9. The van der Waals surface area contributed by atoms with Crippen LogP contribution < -0.4 is 11.1 Å². The number of benzene rings is 1. The maximum atomic E-state index is 11.4.